The molecular weight excluding hydrogens is 522 g/mol. The molecule has 10 heteroatoms. The summed E-state index contributed by atoms with van der Waals surface area (Å²) in [4.78, 5) is 43.2. The number of nitrogens with one attached hydrogen (secondary N) is 2. The van der Waals surface area contributed by atoms with Gasteiger partial charge in [-0.1, -0.05) is 42.5 Å². The highest BCUT2D eigenvalue weighted by molar-refractivity contribution is 6.06. The maximum absolute atomic E-state index is 12.6. The molecule has 1 saturated heterocycles. The van der Waals surface area contributed by atoms with Gasteiger partial charge in [0.15, 0.2) is 0 Å². The molecule has 2 aliphatic rings. The normalized spacial score (nSPS) is 20.5. The minimum atomic E-state index is -1.22. The number of likely N-dealkylation sites (tertiary alicyclic amines) is 1. The number of nitriles is 1. The van der Waals surface area contributed by atoms with Crippen molar-refractivity contribution in [3.05, 3.63) is 77.0 Å². The van der Waals surface area contributed by atoms with Crippen LogP contribution in [0.1, 0.15) is 50.2 Å². The van der Waals surface area contributed by atoms with E-state index in [2.05, 4.69) is 26.6 Å². The zero-order valence-electron chi connectivity index (χ0n) is 23.3. The maximum atomic E-state index is 12.6. The molecule has 0 spiro atoms. The first-order valence-electron chi connectivity index (χ1n) is 13.7. The second kappa shape index (κ2) is 12.8. The third kappa shape index (κ3) is 6.64. The van der Waals surface area contributed by atoms with Crippen LogP contribution in [-0.4, -0.2) is 65.0 Å². The Morgan fingerprint density at radius 2 is 1.78 bits per heavy atom. The summed E-state index contributed by atoms with van der Waals surface area (Å²) in [5.74, 6) is -4.46. The number of amides is 2. The van der Waals surface area contributed by atoms with Crippen molar-refractivity contribution >= 4 is 29.4 Å². The van der Waals surface area contributed by atoms with Gasteiger partial charge in [0.1, 0.15) is 5.92 Å². The van der Waals surface area contributed by atoms with Crippen molar-refractivity contribution in [3.63, 3.8) is 0 Å². The molecule has 2 atom stereocenters. The molecule has 214 valence electrons. The Bertz CT molecular complexity index is 1400. The van der Waals surface area contributed by atoms with Gasteiger partial charge in [-0.05, 0) is 76.0 Å². The first kappa shape index (κ1) is 29.5. The lowest BCUT2D eigenvalue weighted by molar-refractivity contribution is -0.140. The lowest BCUT2D eigenvalue weighted by atomic mass is 9.74. The average Bonchev–Trinajstić information content (AvgIpc) is 2.95. The topological polar surface area (TPSA) is 155 Å². The van der Waals surface area contributed by atoms with Gasteiger partial charge in [0.25, 0.3) is 0 Å². The van der Waals surface area contributed by atoms with E-state index < -0.39 is 35.2 Å². The number of benzene rings is 2. The summed E-state index contributed by atoms with van der Waals surface area (Å²) in [7, 11) is 0. The molecule has 10 nitrogen and oxygen atoms in total. The molecule has 2 amide bonds. The Hall–Kier alpha value is -4.49. The van der Waals surface area contributed by atoms with Crippen LogP contribution >= 0.6 is 0 Å². The second-order valence-corrected chi connectivity index (χ2v) is 10.6. The average molecular weight is 558 g/mol. The van der Waals surface area contributed by atoms with Crippen molar-refractivity contribution < 1.29 is 24.6 Å². The number of carboxylic acid groups (broad SMARTS) is 2. The zero-order valence-corrected chi connectivity index (χ0v) is 23.3. The fourth-order valence-corrected chi connectivity index (χ4v) is 5.87. The molecule has 0 aromatic heterocycles. The molecular formula is C31H35N5O5. The number of carbonyl (C=O) groups excluding carboxylic acids is 1. The van der Waals surface area contributed by atoms with Crippen LogP contribution in [0.5, 0.6) is 0 Å². The summed E-state index contributed by atoms with van der Waals surface area (Å²) in [5.41, 5.74) is 2.04. The number of anilines is 1. The number of carbonyl (C=O) groups is 3. The number of piperidine rings is 1. The number of hydrogen-bond donors (Lipinski definition) is 4. The molecule has 0 aliphatic carbocycles. The highest BCUT2D eigenvalue weighted by atomic mass is 16.4. The molecule has 4 rings (SSSR count). The Balaban J connectivity index is 1.30. The van der Waals surface area contributed by atoms with Gasteiger partial charge in [0, 0.05) is 29.6 Å². The van der Waals surface area contributed by atoms with Gasteiger partial charge in [0.05, 0.1) is 17.1 Å². The largest absolute Gasteiger partial charge is 0.481 e. The number of aliphatic carboxylic acids is 2. The Morgan fingerprint density at radius 1 is 1.07 bits per heavy atom. The summed E-state index contributed by atoms with van der Waals surface area (Å²) in [5, 5.41) is 35.2. The van der Waals surface area contributed by atoms with Crippen molar-refractivity contribution in [3.8, 4) is 6.07 Å². The van der Waals surface area contributed by atoms with E-state index in [1.54, 1.807) is 38.1 Å². The van der Waals surface area contributed by atoms with Crippen molar-refractivity contribution in [2.24, 2.45) is 10.9 Å². The van der Waals surface area contributed by atoms with Crippen LogP contribution in [0.25, 0.3) is 0 Å². The molecule has 2 aliphatic heterocycles. The van der Waals surface area contributed by atoms with E-state index in [0.29, 0.717) is 23.5 Å². The van der Waals surface area contributed by atoms with Gasteiger partial charge >= 0.3 is 18.0 Å². The van der Waals surface area contributed by atoms with E-state index in [-0.39, 0.29) is 11.3 Å². The summed E-state index contributed by atoms with van der Waals surface area (Å²) in [6, 6.07) is 18.7. The minimum Gasteiger partial charge on any atom is -0.481 e. The number of aliphatic imine (C=N–C) groups is 1. The van der Waals surface area contributed by atoms with Crippen molar-refractivity contribution in [1.29, 1.82) is 5.26 Å². The number of allylic oxidation sites excluding steroid dienone is 1. The van der Waals surface area contributed by atoms with Gasteiger partial charge in [-0.15, -0.1) is 0 Å². The van der Waals surface area contributed by atoms with Gasteiger partial charge in [-0.3, -0.25) is 9.79 Å². The van der Waals surface area contributed by atoms with Crippen LogP contribution in [0.2, 0.25) is 0 Å². The van der Waals surface area contributed by atoms with E-state index in [1.165, 1.54) is 0 Å². The fraction of sp³-hybridized carbons (Fsp3) is 0.387. The van der Waals surface area contributed by atoms with Crippen molar-refractivity contribution in [2.45, 2.75) is 44.4 Å². The summed E-state index contributed by atoms with van der Waals surface area (Å²) in [6.07, 6.45) is 2.28. The predicted octanol–water partition coefficient (Wildman–Crippen LogP) is 4.37. The standard InChI is InChI=1S/C31H35N5O5/c1-20-25(28(37)38)27(26(29(39)40)21(2)34-20)22-8-6-11-24(18-22)35-30(41)33-14-7-15-36-16-12-31(19-32,13-17-36)23-9-4-3-5-10-23/h3-6,8-11,18,25,27H,7,12-17H2,1-2H3,(H,37,38)(H,39,40)(H2,33,35,41). The highest BCUT2D eigenvalue weighted by Crippen LogP contribution is 2.40. The zero-order chi connectivity index (χ0) is 29.6. The van der Waals surface area contributed by atoms with Crippen LogP contribution < -0.4 is 10.6 Å². The number of urea groups is 1. The minimum absolute atomic E-state index is 0.0712. The van der Waals surface area contributed by atoms with Gasteiger partial charge in [-0.25, -0.2) is 9.59 Å². The van der Waals surface area contributed by atoms with Crippen molar-refractivity contribution in [1.82, 2.24) is 10.2 Å². The highest BCUT2D eigenvalue weighted by Gasteiger charge is 2.41. The molecule has 4 N–H and O–H groups in total. The Labute approximate surface area is 239 Å². The lowest BCUT2D eigenvalue weighted by Gasteiger charge is -2.37. The molecule has 2 heterocycles. The molecule has 1 fully saturated rings. The number of rotatable bonds is 9. The molecule has 41 heavy (non-hydrogen) atoms. The predicted molar refractivity (Wildman–Crippen MR) is 155 cm³/mol. The third-order valence-electron chi connectivity index (χ3n) is 8.02. The number of hydrogen-bond acceptors (Lipinski definition) is 6. The van der Waals surface area contributed by atoms with Crippen LogP contribution in [-0.2, 0) is 15.0 Å². The molecule has 2 aromatic carbocycles. The van der Waals surface area contributed by atoms with Crippen LogP contribution in [0.3, 0.4) is 0 Å². The summed E-state index contributed by atoms with van der Waals surface area (Å²) >= 11 is 0. The van der Waals surface area contributed by atoms with Gasteiger partial charge in [-0.2, -0.15) is 5.26 Å². The molecule has 0 saturated carbocycles. The molecule has 0 bridgehead atoms. The Morgan fingerprint density at radius 3 is 2.41 bits per heavy atom. The maximum Gasteiger partial charge on any atom is 0.334 e. The summed E-state index contributed by atoms with van der Waals surface area (Å²) < 4.78 is 0. The molecule has 2 unspecified atom stereocenters. The van der Waals surface area contributed by atoms with E-state index in [4.69, 9.17) is 0 Å². The SMILES string of the molecule is CC1=NC(C)=C(C(=O)O)C(c2cccc(NC(=O)NCCCN3CCC(C#N)(c4ccccc4)CC3)c2)C1C(=O)O. The van der Waals surface area contributed by atoms with E-state index in [1.807, 2.05) is 30.3 Å². The van der Waals surface area contributed by atoms with Crippen LogP contribution in [0.4, 0.5) is 10.5 Å². The van der Waals surface area contributed by atoms with Crippen LogP contribution in [0, 0.1) is 17.2 Å². The first-order valence-corrected chi connectivity index (χ1v) is 13.7. The van der Waals surface area contributed by atoms with Gasteiger partial charge in [0.2, 0.25) is 0 Å². The van der Waals surface area contributed by atoms with E-state index >= 15 is 0 Å². The van der Waals surface area contributed by atoms with E-state index in [9.17, 15) is 29.9 Å². The molecule has 0 radical (unpaired) electrons. The fourth-order valence-electron chi connectivity index (χ4n) is 5.87. The summed E-state index contributed by atoms with van der Waals surface area (Å²) in [6.45, 7) is 6.02. The Kier molecular flexibility index (Phi) is 9.20. The quantitative estimate of drug-likeness (QED) is 0.334. The van der Waals surface area contributed by atoms with Gasteiger partial charge < -0.3 is 25.7 Å². The smallest absolute Gasteiger partial charge is 0.334 e. The third-order valence-corrected chi connectivity index (χ3v) is 8.02. The number of carboxylic acids is 2. The van der Waals surface area contributed by atoms with Crippen molar-refractivity contribution in [2.75, 3.05) is 31.5 Å². The lowest BCUT2D eigenvalue weighted by Crippen LogP contribution is -2.42. The van der Waals surface area contributed by atoms with Crippen LogP contribution in [0.15, 0.2) is 70.9 Å². The first-order chi connectivity index (χ1) is 19.6. The van der Waals surface area contributed by atoms with E-state index in [0.717, 1.165) is 44.5 Å². The monoisotopic (exact) mass is 557 g/mol. The molecule has 2 aromatic rings. The number of nitrogens with zero attached hydrogens (tertiary/aromatic N) is 3. The second-order valence-electron chi connectivity index (χ2n) is 10.6.